The van der Waals surface area contributed by atoms with Gasteiger partial charge in [-0.1, -0.05) is 96.8 Å². The molecule has 30 heavy (non-hydrogen) atoms. The van der Waals surface area contributed by atoms with Crippen molar-refractivity contribution in [2.24, 2.45) is 0 Å². The molecule has 0 amide bonds. The highest BCUT2D eigenvalue weighted by atomic mass is 32.2. The lowest BCUT2D eigenvalue weighted by Crippen LogP contribution is -2.59. The van der Waals surface area contributed by atoms with E-state index < -0.39 is 18.1 Å². The van der Waals surface area contributed by atoms with E-state index in [0.717, 1.165) is 25.0 Å². The summed E-state index contributed by atoms with van der Waals surface area (Å²) < 4.78 is 0.294. The minimum Gasteiger partial charge on any atom is -0.544 e. The summed E-state index contributed by atoms with van der Waals surface area (Å²) in [5, 5.41) is 21.9. The second-order valence-electron chi connectivity index (χ2n) is 9.62. The molecule has 0 aromatic rings. The van der Waals surface area contributed by atoms with Crippen molar-refractivity contribution in [1.29, 1.82) is 0 Å². The van der Waals surface area contributed by atoms with Crippen LogP contribution >= 0.6 is 11.8 Å². The molecule has 0 aliphatic rings. The van der Waals surface area contributed by atoms with Gasteiger partial charge in [-0.05, 0) is 18.4 Å². The van der Waals surface area contributed by atoms with Crippen LogP contribution in [0.3, 0.4) is 0 Å². The van der Waals surface area contributed by atoms with Crippen molar-refractivity contribution >= 4 is 17.7 Å². The number of hydrogen-bond acceptors (Lipinski definition) is 4. The first-order valence-corrected chi connectivity index (χ1v) is 13.9. The molecule has 0 aliphatic heterocycles. The first-order chi connectivity index (χ1) is 14.3. The molecule has 0 spiro atoms. The van der Waals surface area contributed by atoms with Gasteiger partial charge >= 0.3 is 0 Å². The molecule has 0 aromatic heterocycles. The van der Waals surface area contributed by atoms with Gasteiger partial charge in [0, 0.05) is 6.42 Å². The quantitative estimate of drug-likeness (QED) is 0.184. The number of carbonyl (C=O) groups excluding carboxylic acids is 1. The normalized spacial score (nSPS) is 14.0. The number of carboxylic acid groups (broad SMARTS) is 1. The summed E-state index contributed by atoms with van der Waals surface area (Å²) in [7, 11) is 3.80. The number of unbranched alkanes of at least 4 members (excludes halogenated alkanes) is 13. The largest absolute Gasteiger partial charge is 0.544 e. The van der Waals surface area contributed by atoms with Crippen LogP contribution in [0.4, 0.5) is 0 Å². The maximum atomic E-state index is 11.5. The Balaban J connectivity index is 3.68. The fraction of sp³-hybridized carbons (Fsp3) is 0.960. The molecule has 0 fully saturated rings. The predicted octanol–water partition coefficient (Wildman–Crippen LogP) is 5.17. The van der Waals surface area contributed by atoms with E-state index in [1.807, 2.05) is 20.4 Å². The van der Waals surface area contributed by atoms with Gasteiger partial charge in [-0.3, -0.25) is 0 Å². The van der Waals surface area contributed by atoms with Crippen molar-refractivity contribution in [2.75, 3.05) is 32.6 Å². The summed E-state index contributed by atoms with van der Waals surface area (Å²) in [4.78, 5) is 11.5. The summed E-state index contributed by atoms with van der Waals surface area (Å²) >= 11 is 1.65. The summed E-state index contributed by atoms with van der Waals surface area (Å²) in [6.45, 7) is 2.75. The minimum absolute atomic E-state index is 0.294. The van der Waals surface area contributed by atoms with Crippen LogP contribution in [-0.2, 0) is 4.79 Å². The van der Waals surface area contributed by atoms with Gasteiger partial charge in [-0.25, -0.2) is 0 Å². The second kappa shape index (κ2) is 19.4. The number of likely N-dealkylation sites (N-methyl/N-ethyl adjacent to an activating group) is 1. The van der Waals surface area contributed by atoms with Crippen LogP contribution in [-0.4, -0.2) is 60.4 Å². The van der Waals surface area contributed by atoms with E-state index >= 15 is 0 Å². The Hall–Kier alpha value is -0.260. The topological polar surface area (TPSA) is 60.4 Å². The summed E-state index contributed by atoms with van der Waals surface area (Å²) in [6, 6.07) is -0.552. The molecule has 4 nitrogen and oxygen atoms in total. The number of carboxylic acids is 1. The molecule has 5 heteroatoms. The van der Waals surface area contributed by atoms with E-state index in [4.69, 9.17) is 0 Å². The molecule has 0 radical (unpaired) electrons. The van der Waals surface area contributed by atoms with Crippen LogP contribution in [0.5, 0.6) is 0 Å². The van der Waals surface area contributed by atoms with Crippen LogP contribution in [0.25, 0.3) is 0 Å². The smallest absolute Gasteiger partial charge is 0.130 e. The van der Waals surface area contributed by atoms with Gasteiger partial charge in [0.1, 0.15) is 18.7 Å². The number of aliphatic hydroxyl groups excluding tert-OH is 1. The van der Waals surface area contributed by atoms with E-state index in [1.54, 1.807) is 11.8 Å². The van der Waals surface area contributed by atoms with Gasteiger partial charge in [-0.15, -0.1) is 0 Å². The van der Waals surface area contributed by atoms with Crippen LogP contribution in [0.2, 0.25) is 0 Å². The average molecular weight is 446 g/mol. The fourth-order valence-electron chi connectivity index (χ4n) is 4.32. The van der Waals surface area contributed by atoms with E-state index in [9.17, 15) is 15.0 Å². The molecule has 2 atom stereocenters. The fourth-order valence-corrected chi connectivity index (χ4v) is 4.78. The summed E-state index contributed by atoms with van der Waals surface area (Å²) in [5.41, 5.74) is 0. The lowest BCUT2D eigenvalue weighted by molar-refractivity contribution is -0.911. The van der Waals surface area contributed by atoms with Crippen molar-refractivity contribution in [3.8, 4) is 0 Å². The number of carbonyl (C=O) groups is 1. The van der Waals surface area contributed by atoms with E-state index in [-0.39, 0.29) is 0 Å². The molecule has 2 unspecified atom stereocenters. The molecule has 180 valence electrons. The molecule has 1 N–H and O–H groups in total. The highest BCUT2D eigenvalue weighted by Gasteiger charge is 2.31. The van der Waals surface area contributed by atoms with Gasteiger partial charge in [0.25, 0.3) is 0 Å². The summed E-state index contributed by atoms with van der Waals surface area (Å²) in [6.07, 6.45) is 21.5. The Morgan fingerprint density at radius 3 is 1.67 bits per heavy atom. The Labute approximate surface area is 191 Å². The third kappa shape index (κ3) is 16.4. The third-order valence-electron chi connectivity index (χ3n) is 6.28. The molecule has 0 rings (SSSR count). The molecule has 0 aromatic carbocycles. The molecule has 0 aliphatic carbocycles. The molecule has 0 saturated carbocycles. The number of aliphatic hydroxyl groups is 1. The van der Waals surface area contributed by atoms with Crippen LogP contribution in [0.15, 0.2) is 0 Å². The maximum Gasteiger partial charge on any atom is 0.130 e. The van der Waals surface area contributed by atoms with Crippen LogP contribution in [0, 0.1) is 0 Å². The SMILES string of the molecule is CCCCCCCCCCCCCCCCC(O)C[N+](C)(C)C(CCSC)C(=O)[O-]. The Morgan fingerprint density at radius 1 is 0.833 bits per heavy atom. The lowest BCUT2D eigenvalue weighted by atomic mass is 10.0. The highest BCUT2D eigenvalue weighted by Crippen LogP contribution is 2.17. The second-order valence-corrected chi connectivity index (χ2v) is 10.6. The molecular weight excluding hydrogens is 394 g/mol. The highest BCUT2D eigenvalue weighted by molar-refractivity contribution is 7.98. The monoisotopic (exact) mass is 445 g/mol. The number of nitrogens with zero attached hydrogens (tertiary/aromatic N) is 1. The number of aliphatic carboxylic acids is 1. The molecular formula is C25H51NO3S. The average Bonchev–Trinajstić information content (AvgIpc) is 2.67. The zero-order valence-electron chi connectivity index (χ0n) is 20.5. The van der Waals surface area contributed by atoms with E-state index in [1.165, 1.54) is 77.0 Å². The van der Waals surface area contributed by atoms with Crippen LogP contribution < -0.4 is 5.11 Å². The number of thioether (sulfide) groups is 1. The molecule has 0 bridgehead atoms. The van der Waals surface area contributed by atoms with Crippen molar-refractivity contribution in [2.45, 2.75) is 122 Å². The van der Waals surface area contributed by atoms with Gasteiger partial charge in [0.05, 0.1) is 20.1 Å². The van der Waals surface area contributed by atoms with Crippen molar-refractivity contribution in [3.63, 3.8) is 0 Å². The van der Waals surface area contributed by atoms with Crippen molar-refractivity contribution < 1.29 is 19.5 Å². The Morgan fingerprint density at radius 2 is 1.27 bits per heavy atom. The van der Waals surface area contributed by atoms with Gasteiger partial charge in [0.2, 0.25) is 0 Å². The van der Waals surface area contributed by atoms with Gasteiger partial charge in [0.15, 0.2) is 0 Å². The van der Waals surface area contributed by atoms with Crippen LogP contribution in [0.1, 0.15) is 110 Å². The zero-order valence-corrected chi connectivity index (χ0v) is 21.3. The lowest BCUT2D eigenvalue weighted by Gasteiger charge is -2.40. The predicted molar refractivity (Wildman–Crippen MR) is 130 cm³/mol. The number of hydrogen-bond donors (Lipinski definition) is 1. The summed E-state index contributed by atoms with van der Waals surface area (Å²) in [5.74, 6) is -0.201. The van der Waals surface area contributed by atoms with E-state index in [2.05, 4.69) is 6.92 Å². The Kier molecular flexibility index (Phi) is 19.3. The third-order valence-corrected chi connectivity index (χ3v) is 6.93. The first kappa shape index (κ1) is 29.7. The van der Waals surface area contributed by atoms with Gasteiger partial charge in [-0.2, -0.15) is 11.8 Å². The molecule has 0 heterocycles. The number of rotatable bonds is 22. The Bertz CT molecular complexity index is 404. The van der Waals surface area contributed by atoms with Gasteiger partial charge < -0.3 is 19.5 Å². The number of quaternary nitrogens is 1. The standard InChI is InChI=1S/C25H51NO3S/c1-5-6-7-8-9-10-11-12-13-14-15-16-17-18-19-23(27)22-26(2,3)24(25(28)29)20-21-30-4/h23-24,27H,5-22H2,1-4H3. The van der Waals surface area contributed by atoms with Crippen molar-refractivity contribution in [1.82, 2.24) is 0 Å². The van der Waals surface area contributed by atoms with Crippen molar-refractivity contribution in [3.05, 3.63) is 0 Å². The first-order valence-electron chi connectivity index (χ1n) is 12.6. The zero-order chi connectivity index (χ0) is 22.7. The minimum atomic E-state index is -1.00. The van der Waals surface area contributed by atoms with E-state index in [0.29, 0.717) is 17.4 Å². The maximum absolute atomic E-state index is 11.5. The molecule has 0 saturated heterocycles.